The Bertz CT molecular complexity index is 713. The first-order chi connectivity index (χ1) is 11.3. The van der Waals surface area contributed by atoms with Crippen molar-refractivity contribution in [2.45, 2.75) is 25.5 Å². The van der Waals surface area contributed by atoms with Gasteiger partial charge in [0.25, 0.3) is 0 Å². The average Bonchev–Trinajstić information content (AvgIpc) is 3.07. The number of nitrogens with one attached hydrogen (secondary N) is 1. The molecule has 6 nitrogen and oxygen atoms in total. The highest BCUT2D eigenvalue weighted by atomic mass is 16.6. The molecule has 4 rings (SSSR count). The molecule has 0 aliphatic carbocycles. The van der Waals surface area contributed by atoms with Crippen LogP contribution in [0.15, 0.2) is 36.8 Å². The molecule has 1 aromatic carbocycles. The molecule has 2 atom stereocenters. The van der Waals surface area contributed by atoms with Gasteiger partial charge >= 0.3 is 0 Å². The van der Waals surface area contributed by atoms with Crippen LogP contribution >= 0.6 is 0 Å². The minimum Gasteiger partial charge on any atom is -0.486 e. The van der Waals surface area contributed by atoms with Gasteiger partial charge in [0.05, 0.1) is 12.9 Å². The standard InChI is InChI=1S/C17H19N3O3/c21-17(12-5-6-20-11-18-8-13(20)7-12)19-9-14-10-22-15-3-1-2-4-16(15)23-14/h1-4,8,11-12,14H,5-7,9-10H2,(H,19,21). The van der Waals surface area contributed by atoms with E-state index in [1.54, 1.807) is 0 Å². The lowest BCUT2D eigenvalue weighted by Gasteiger charge is -2.28. The number of ether oxygens (including phenoxy) is 2. The number of aromatic nitrogens is 2. The molecule has 1 N–H and O–H groups in total. The van der Waals surface area contributed by atoms with Crippen molar-refractivity contribution in [3.8, 4) is 11.5 Å². The van der Waals surface area contributed by atoms with Gasteiger partial charge in [0.2, 0.25) is 5.91 Å². The zero-order valence-corrected chi connectivity index (χ0v) is 12.8. The van der Waals surface area contributed by atoms with Crippen LogP contribution < -0.4 is 14.8 Å². The first kappa shape index (κ1) is 14.1. The summed E-state index contributed by atoms with van der Waals surface area (Å²) in [5.74, 6) is 1.59. The van der Waals surface area contributed by atoms with Crippen LogP contribution in [-0.4, -0.2) is 34.7 Å². The molecule has 1 aromatic heterocycles. The fourth-order valence-corrected chi connectivity index (χ4v) is 3.12. The molecule has 0 saturated heterocycles. The number of benzene rings is 1. The monoisotopic (exact) mass is 313 g/mol. The molecule has 0 bridgehead atoms. The van der Waals surface area contributed by atoms with Gasteiger partial charge in [-0.05, 0) is 18.6 Å². The molecular formula is C17H19N3O3. The maximum absolute atomic E-state index is 12.4. The van der Waals surface area contributed by atoms with Crippen LogP contribution in [0.25, 0.3) is 0 Å². The highest BCUT2D eigenvalue weighted by Crippen LogP contribution is 2.30. The summed E-state index contributed by atoms with van der Waals surface area (Å²) in [5.41, 5.74) is 1.13. The molecule has 1 amide bonds. The van der Waals surface area contributed by atoms with E-state index in [1.807, 2.05) is 36.8 Å². The SMILES string of the molecule is O=C(NCC1COc2ccccc2O1)C1CCn2cncc2C1. The largest absolute Gasteiger partial charge is 0.486 e. The molecule has 6 heteroatoms. The minimum absolute atomic E-state index is 0.0102. The summed E-state index contributed by atoms with van der Waals surface area (Å²) in [5, 5.41) is 3.00. The van der Waals surface area contributed by atoms with Gasteiger partial charge in [-0.25, -0.2) is 4.98 Å². The van der Waals surface area contributed by atoms with Gasteiger partial charge in [-0.3, -0.25) is 4.79 Å². The zero-order valence-electron chi connectivity index (χ0n) is 12.8. The highest BCUT2D eigenvalue weighted by molar-refractivity contribution is 5.79. The first-order valence-electron chi connectivity index (χ1n) is 7.95. The van der Waals surface area contributed by atoms with Crippen LogP contribution in [0, 0.1) is 5.92 Å². The quantitative estimate of drug-likeness (QED) is 0.930. The summed E-state index contributed by atoms with van der Waals surface area (Å²) in [6.07, 6.45) is 5.11. The predicted octanol–water partition coefficient (Wildman–Crippen LogP) is 1.40. The summed E-state index contributed by atoms with van der Waals surface area (Å²) in [4.78, 5) is 16.5. The number of aryl methyl sites for hydroxylation is 1. The molecule has 0 saturated carbocycles. The lowest BCUT2D eigenvalue weighted by atomic mass is 9.95. The van der Waals surface area contributed by atoms with E-state index in [4.69, 9.17) is 9.47 Å². The van der Waals surface area contributed by atoms with E-state index < -0.39 is 0 Å². The third-order valence-corrected chi connectivity index (χ3v) is 4.41. The van der Waals surface area contributed by atoms with Crippen molar-refractivity contribution in [2.75, 3.05) is 13.2 Å². The van der Waals surface area contributed by atoms with Gasteiger partial charge < -0.3 is 19.4 Å². The van der Waals surface area contributed by atoms with E-state index in [0.29, 0.717) is 13.2 Å². The van der Waals surface area contributed by atoms with Gasteiger partial charge in [-0.15, -0.1) is 0 Å². The number of carbonyl (C=O) groups excluding carboxylic acids is 1. The predicted molar refractivity (Wildman–Crippen MR) is 83.4 cm³/mol. The smallest absolute Gasteiger partial charge is 0.223 e. The second kappa shape index (κ2) is 5.95. The van der Waals surface area contributed by atoms with E-state index in [-0.39, 0.29) is 17.9 Å². The molecule has 2 aromatic rings. The lowest BCUT2D eigenvalue weighted by molar-refractivity contribution is -0.126. The van der Waals surface area contributed by atoms with Crippen molar-refractivity contribution in [1.29, 1.82) is 0 Å². The van der Waals surface area contributed by atoms with E-state index in [2.05, 4.69) is 14.9 Å². The fourth-order valence-electron chi connectivity index (χ4n) is 3.12. The van der Waals surface area contributed by atoms with E-state index in [9.17, 15) is 4.79 Å². The number of amides is 1. The molecule has 2 unspecified atom stereocenters. The highest BCUT2D eigenvalue weighted by Gasteiger charge is 2.26. The van der Waals surface area contributed by atoms with E-state index >= 15 is 0 Å². The van der Waals surface area contributed by atoms with Gasteiger partial charge in [-0.2, -0.15) is 0 Å². The van der Waals surface area contributed by atoms with Crippen molar-refractivity contribution in [1.82, 2.24) is 14.9 Å². The molecule has 23 heavy (non-hydrogen) atoms. The summed E-state index contributed by atoms with van der Waals surface area (Å²) < 4.78 is 13.6. The minimum atomic E-state index is -0.150. The summed E-state index contributed by atoms with van der Waals surface area (Å²) in [6.45, 7) is 1.77. The van der Waals surface area contributed by atoms with Gasteiger partial charge in [-0.1, -0.05) is 12.1 Å². The van der Waals surface area contributed by atoms with Crippen molar-refractivity contribution < 1.29 is 14.3 Å². The zero-order chi connectivity index (χ0) is 15.6. The van der Waals surface area contributed by atoms with Crippen LogP contribution in [0.1, 0.15) is 12.1 Å². The second-order valence-electron chi connectivity index (χ2n) is 6.01. The topological polar surface area (TPSA) is 65.4 Å². The molecule has 3 heterocycles. The third kappa shape index (κ3) is 2.88. The van der Waals surface area contributed by atoms with Crippen LogP contribution in [0.2, 0.25) is 0 Å². The Morgan fingerprint density at radius 2 is 2.22 bits per heavy atom. The Hall–Kier alpha value is -2.50. The van der Waals surface area contributed by atoms with Gasteiger partial charge in [0.1, 0.15) is 12.7 Å². The molecule has 120 valence electrons. The number of nitrogens with zero attached hydrogens (tertiary/aromatic N) is 2. The van der Waals surface area contributed by atoms with Crippen molar-refractivity contribution in [3.05, 3.63) is 42.5 Å². The number of para-hydroxylation sites is 2. The summed E-state index contributed by atoms with van der Waals surface area (Å²) in [6, 6.07) is 7.59. The van der Waals surface area contributed by atoms with Crippen LogP contribution in [-0.2, 0) is 17.8 Å². The van der Waals surface area contributed by atoms with Crippen molar-refractivity contribution in [2.24, 2.45) is 5.92 Å². The molecular weight excluding hydrogens is 294 g/mol. The van der Waals surface area contributed by atoms with Crippen molar-refractivity contribution in [3.63, 3.8) is 0 Å². The average molecular weight is 313 g/mol. The Balaban J connectivity index is 1.31. The molecule has 2 aliphatic rings. The number of hydrogen-bond acceptors (Lipinski definition) is 4. The first-order valence-corrected chi connectivity index (χ1v) is 7.95. The number of carbonyl (C=O) groups is 1. The van der Waals surface area contributed by atoms with Crippen LogP contribution in [0.4, 0.5) is 0 Å². The second-order valence-corrected chi connectivity index (χ2v) is 6.01. The maximum atomic E-state index is 12.4. The molecule has 0 fully saturated rings. The summed E-state index contributed by atoms with van der Waals surface area (Å²) >= 11 is 0. The maximum Gasteiger partial charge on any atom is 0.223 e. The Morgan fingerprint density at radius 1 is 1.35 bits per heavy atom. The van der Waals surface area contributed by atoms with E-state index in [1.165, 1.54) is 0 Å². The Labute approximate surface area is 134 Å². The lowest BCUT2D eigenvalue weighted by Crippen LogP contribution is -2.43. The van der Waals surface area contributed by atoms with Gasteiger partial charge in [0.15, 0.2) is 11.5 Å². The van der Waals surface area contributed by atoms with Crippen LogP contribution in [0.3, 0.4) is 0 Å². The number of rotatable bonds is 3. The normalized spacial score (nSPS) is 22.3. The fraction of sp³-hybridized carbons (Fsp3) is 0.412. The molecule has 0 spiro atoms. The number of hydrogen-bond donors (Lipinski definition) is 1. The molecule has 2 aliphatic heterocycles. The number of fused-ring (bicyclic) bond motifs is 2. The molecule has 0 radical (unpaired) electrons. The number of imidazole rings is 1. The Kier molecular flexibility index (Phi) is 3.65. The van der Waals surface area contributed by atoms with E-state index in [0.717, 1.165) is 36.6 Å². The van der Waals surface area contributed by atoms with Crippen LogP contribution in [0.5, 0.6) is 11.5 Å². The van der Waals surface area contributed by atoms with Gasteiger partial charge in [0, 0.05) is 30.8 Å². The summed E-state index contributed by atoms with van der Waals surface area (Å²) in [7, 11) is 0. The Morgan fingerprint density at radius 3 is 3.13 bits per heavy atom. The third-order valence-electron chi connectivity index (χ3n) is 4.41. The van der Waals surface area contributed by atoms with Crippen molar-refractivity contribution >= 4 is 5.91 Å².